The SMILES string of the molecule is CC(C)c1cc(C(=O)NC(C)c2ccc3c(c2)CCC3)n(C)n1. The van der Waals surface area contributed by atoms with Crippen LogP contribution in [0.3, 0.4) is 0 Å². The molecule has 23 heavy (non-hydrogen) atoms. The Morgan fingerprint density at radius 2 is 1.91 bits per heavy atom. The van der Waals surface area contributed by atoms with Crippen molar-refractivity contribution in [2.45, 2.75) is 52.0 Å². The maximum atomic E-state index is 12.5. The minimum atomic E-state index is -0.0695. The summed E-state index contributed by atoms with van der Waals surface area (Å²) in [4.78, 5) is 12.5. The number of hydrogen-bond acceptors (Lipinski definition) is 2. The molecule has 1 aliphatic carbocycles. The highest BCUT2D eigenvalue weighted by molar-refractivity contribution is 5.93. The van der Waals surface area contributed by atoms with Crippen LogP contribution in [-0.2, 0) is 19.9 Å². The topological polar surface area (TPSA) is 46.9 Å². The smallest absolute Gasteiger partial charge is 0.270 e. The van der Waals surface area contributed by atoms with Crippen LogP contribution in [0.4, 0.5) is 0 Å². The Bertz CT molecular complexity index is 730. The lowest BCUT2D eigenvalue weighted by molar-refractivity contribution is 0.0930. The van der Waals surface area contributed by atoms with Crippen molar-refractivity contribution >= 4 is 5.91 Å². The third-order valence-electron chi connectivity index (χ3n) is 4.69. The van der Waals surface area contributed by atoms with E-state index in [1.54, 1.807) is 4.68 Å². The van der Waals surface area contributed by atoms with Crippen LogP contribution in [0.2, 0.25) is 0 Å². The van der Waals surface area contributed by atoms with Crippen LogP contribution in [0.1, 0.15) is 72.0 Å². The zero-order chi connectivity index (χ0) is 16.6. The monoisotopic (exact) mass is 311 g/mol. The first-order valence-corrected chi connectivity index (χ1v) is 8.42. The van der Waals surface area contributed by atoms with Gasteiger partial charge in [-0.15, -0.1) is 0 Å². The number of nitrogens with zero attached hydrogens (tertiary/aromatic N) is 2. The standard InChI is InChI=1S/C19H25N3O/c1-12(2)17-11-18(22(4)21-17)19(23)20-13(3)15-9-8-14-6-5-7-16(14)10-15/h8-13H,5-7H2,1-4H3,(H,20,23). The predicted molar refractivity (Wildman–Crippen MR) is 91.6 cm³/mol. The number of hydrogen-bond donors (Lipinski definition) is 1. The Labute approximate surface area is 137 Å². The van der Waals surface area contributed by atoms with Gasteiger partial charge in [-0.3, -0.25) is 9.48 Å². The summed E-state index contributed by atoms with van der Waals surface area (Å²) in [5.74, 6) is 0.247. The van der Waals surface area contributed by atoms with Crippen LogP contribution in [0.5, 0.6) is 0 Å². The predicted octanol–water partition coefficient (Wildman–Crippen LogP) is 3.52. The van der Waals surface area contributed by atoms with E-state index in [2.05, 4.69) is 42.5 Å². The second-order valence-electron chi connectivity index (χ2n) is 6.81. The molecule has 1 N–H and O–H groups in total. The van der Waals surface area contributed by atoms with Crippen LogP contribution >= 0.6 is 0 Å². The van der Waals surface area contributed by atoms with Gasteiger partial charge < -0.3 is 5.32 Å². The second-order valence-corrected chi connectivity index (χ2v) is 6.81. The van der Waals surface area contributed by atoms with Crippen molar-refractivity contribution in [2.75, 3.05) is 0 Å². The summed E-state index contributed by atoms with van der Waals surface area (Å²) in [6, 6.07) is 8.47. The van der Waals surface area contributed by atoms with Gasteiger partial charge in [-0.25, -0.2) is 0 Å². The van der Waals surface area contributed by atoms with Gasteiger partial charge in [0.25, 0.3) is 5.91 Å². The molecule has 1 aromatic carbocycles. The van der Waals surface area contributed by atoms with E-state index in [1.807, 2.05) is 20.0 Å². The molecular weight excluding hydrogens is 286 g/mol. The highest BCUT2D eigenvalue weighted by Crippen LogP contribution is 2.25. The first-order valence-electron chi connectivity index (χ1n) is 8.42. The lowest BCUT2D eigenvalue weighted by Gasteiger charge is -2.15. The summed E-state index contributed by atoms with van der Waals surface area (Å²) >= 11 is 0. The van der Waals surface area contributed by atoms with Gasteiger partial charge in [0, 0.05) is 7.05 Å². The molecule has 1 atom stereocenters. The highest BCUT2D eigenvalue weighted by Gasteiger charge is 2.19. The number of nitrogens with one attached hydrogen (secondary N) is 1. The maximum Gasteiger partial charge on any atom is 0.270 e. The van der Waals surface area contributed by atoms with Crippen molar-refractivity contribution in [1.29, 1.82) is 0 Å². The highest BCUT2D eigenvalue weighted by atomic mass is 16.2. The summed E-state index contributed by atoms with van der Waals surface area (Å²) in [5.41, 5.74) is 5.63. The molecule has 1 unspecified atom stereocenters. The number of rotatable bonds is 4. The van der Waals surface area contributed by atoms with Crippen molar-refractivity contribution in [3.63, 3.8) is 0 Å². The molecular formula is C19H25N3O. The first-order chi connectivity index (χ1) is 11.0. The molecule has 0 saturated carbocycles. The number of fused-ring (bicyclic) bond motifs is 1. The summed E-state index contributed by atoms with van der Waals surface area (Å²) in [5, 5.41) is 7.51. The molecule has 2 aromatic rings. The Morgan fingerprint density at radius 3 is 2.61 bits per heavy atom. The molecule has 4 nitrogen and oxygen atoms in total. The molecule has 1 aliphatic rings. The quantitative estimate of drug-likeness (QED) is 0.939. The molecule has 3 rings (SSSR count). The number of amides is 1. The molecule has 0 radical (unpaired) electrons. The van der Waals surface area contributed by atoms with E-state index in [0.717, 1.165) is 12.1 Å². The van der Waals surface area contributed by atoms with E-state index in [9.17, 15) is 4.79 Å². The van der Waals surface area contributed by atoms with E-state index in [4.69, 9.17) is 0 Å². The van der Waals surface area contributed by atoms with E-state index >= 15 is 0 Å². The lowest BCUT2D eigenvalue weighted by atomic mass is 10.0. The largest absolute Gasteiger partial charge is 0.344 e. The van der Waals surface area contributed by atoms with Gasteiger partial charge in [0.2, 0.25) is 0 Å². The number of carbonyl (C=O) groups excluding carboxylic acids is 1. The van der Waals surface area contributed by atoms with Crippen molar-refractivity contribution in [2.24, 2.45) is 7.05 Å². The van der Waals surface area contributed by atoms with Crippen LogP contribution < -0.4 is 5.32 Å². The van der Waals surface area contributed by atoms with Gasteiger partial charge in [0.1, 0.15) is 5.69 Å². The molecule has 0 aliphatic heterocycles. The maximum absolute atomic E-state index is 12.5. The van der Waals surface area contributed by atoms with Crippen LogP contribution in [0.15, 0.2) is 24.3 Å². The third kappa shape index (κ3) is 3.16. The van der Waals surface area contributed by atoms with Gasteiger partial charge in [-0.2, -0.15) is 5.10 Å². The minimum Gasteiger partial charge on any atom is -0.344 e. The fraction of sp³-hybridized carbons (Fsp3) is 0.474. The summed E-state index contributed by atoms with van der Waals surface area (Å²) in [7, 11) is 1.82. The second kappa shape index (κ2) is 6.19. The van der Waals surface area contributed by atoms with E-state index in [-0.39, 0.29) is 11.9 Å². The lowest BCUT2D eigenvalue weighted by Crippen LogP contribution is -2.28. The van der Waals surface area contributed by atoms with Crippen molar-refractivity contribution in [3.05, 3.63) is 52.3 Å². The van der Waals surface area contributed by atoms with E-state index in [1.165, 1.54) is 29.5 Å². The first kappa shape index (κ1) is 15.8. The third-order valence-corrected chi connectivity index (χ3v) is 4.69. The summed E-state index contributed by atoms with van der Waals surface area (Å²) in [6.07, 6.45) is 3.58. The Morgan fingerprint density at radius 1 is 1.17 bits per heavy atom. The molecule has 0 fully saturated rings. The van der Waals surface area contributed by atoms with Crippen molar-refractivity contribution < 1.29 is 4.79 Å². The van der Waals surface area contributed by atoms with Crippen LogP contribution in [0.25, 0.3) is 0 Å². The average molecular weight is 311 g/mol. The molecule has 0 bridgehead atoms. The van der Waals surface area contributed by atoms with Gasteiger partial charge in [-0.1, -0.05) is 32.0 Å². The number of aromatic nitrogens is 2. The normalized spacial score (nSPS) is 14.8. The number of aryl methyl sites for hydroxylation is 3. The van der Waals surface area contributed by atoms with Gasteiger partial charge in [0.05, 0.1) is 11.7 Å². The molecule has 0 spiro atoms. The Kier molecular flexibility index (Phi) is 4.24. The van der Waals surface area contributed by atoms with Gasteiger partial charge in [0.15, 0.2) is 0 Å². The molecule has 0 saturated heterocycles. The van der Waals surface area contributed by atoms with Crippen LogP contribution in [-0.4, -0.2) is 15.7 Å². The number of benzene rings is 1. The zero-order valence-electron chi connectivity index (χ0n) is 14.4. The molecule has 122 valence electrons. The summed E-state index contributed by atoms with van der Waals surface area (Å²) < 4.78 is 1.67. The molecule has 4 heteroatoms. The minimum absolute atomic E-state index is 0.00852. The average Bonchev–Trinajstić information content (AvgIpc) is 3.12. The Hall–Kier alpha value is -2.10. The molecule has 1 aromatic heterocycles. The van der Waals surface area contributed by atoms with Gasteiger partial charge in [-0.05, 0) is 54.9 Å². The fourth-order valence-electron chi connectivity index (χ4n) is 3.20. The van der Waals surface area contributed by atoms with E-state index < -0.39 is 0 Å². The molecule has 1 heterocycles. The Balaban J connectivity index is 1.74. The van der Waals surface area contributed by atoms with E-state index in [0.29, 0.717) is 11.6 Å². The molecule has 1 amide bonds. The van der Waals surface area contributed by atoms with Crippen molar-refractivity contribution in [1.82, 2.24) is 15.1 Å². The van der Waals surface area contributed by atoms with Gasteiger partial charge >= 0.3 is 0 Å². The number of carbonyl (C=O) groups is 1. The van der Waals surface area contributed by atoms with Crippen LogP contribution in [0, 0.1) is 0 Å². The van der Waals surface area contributed by atoms with Crippen molar-refractivity contribution in [3.8, 4) is 0 Å². The summed E-state index contributed by atoms with van der Waals surface area (Å²) in [6.45, 7) is 6.20. The fourth-order valence-corrected chi connectivity index (χ4v) is 3.20. The zero-order valence-corrected chi connectivity index (χ0v) is 14.4.